The number of carbonyl (C=O) groups is 2. The number of nitrogens with one attached hydrogen (secondary N) is 1. The summed E-state index contributed by atoms with van der Waals surface area (Å²) >= 11 is 0. The third-order valence-corrected chi connectivity index (χ3v) is 5.57. The van der Waals surface area contributed by atoms with Gasteiger partial charge in [0.2, 0.25) is 11.8 Å². The fourth-order valence-corrected chi connectivity index (χ4v) is 3.99. The Kier molecular flexibility index (Phi) is 6.61. The highest BCUT2D eigenvalue weighted by Gasteiger charge is 2.25. The summed E-state index contributed by atoms with van der Waals surface area (Å²) in [5.41, 5.74) is 1.86. The number of hydrazone groups is 1. The van der Waals surface area contributed by atoms with Crippen LogP contribution in [0.1, 0.15) is 51.5 Å². The van der Waals surface area contributed by atoms with Crippen molar-refractivity contribution in [2.75, 3.05) is 19.6 Å². The van der Waals surface area contributed by atoms with Crippen molar-refractivity contribution in [3.05, 3.63) is 35.9 Å². The maximum Gasteiger partial charge on any atom is 0.243 e. The number of likely N-dealkylation sites (tertiary alicyclic amines) is 1. The molecule has 0 aromatic heterocycles. The SMILES string of the molecule is CC1CCCC(C)N1CCNC(=O)CN1N=C(c2ccccc2)CCC1=O. The van der Waals surface area contributed by atoms with Crippen molar-refractivity contribution >= 4 is 17.5 Å². The van der Waals surface area contributed by atoms with Crippen molar-refractivity contribution in [1.82, 2.24) is 15.2 Å². The third-order valence-electron chi connectivity index (χ3n) is 5.57. The van der Waals surface area contributed by atoms with Crippen LogP contribution in [0.2, 0.25) is 0 Å². The Morgan fingerprint density at radius 1 is 1.15 bits per heavy atom. The molecule has 2 amide bonds. The van der Waals surface area contributed by atoms with Crippen LogP contribution in [0.3, 0.4) is 0 Å². The molecular weight excluding hydrogens is 340 g/mol. The van der Waals surface area contributed by atoms with Gasteiger partial charge in [0.1, 0.15) is 6.54 Å². The number of hydrogen-bond acceptors (Lipinski definition) is 4. The van der Waals surface area contributed by atoms with Crippen LogP contribution >= 0.6 is 0 Å². The van der Waals surface area contributed by atoms with Gasteiger partial charge in [0.05, 0.1) is 5.71 Å². The number of benzene rings is 1. The van der Waals surface area contributed by atoms with Gasteiger partial charge >= 0.3 is 0 Å². The molecule has 1 saturated heterocycles. The summed E-state index contributed by atoms with van der Waals surface area (Å²) in [4.78, 5) is 26.9. The largest absolute Gasteiger partial charge is 0.353 e. The molecule has 0 radical (unpaired) electrons. The van der Waals surface area contributed by atoms with E-state index in [9.17, 15) is 9.59 Å². The van der Waals surface area contributed by atoms with Crippen LogP contribution in [0.4, 0.5) is 0 Å². The molecule has 0 bridgehead atoms. The highest BCUT2D eigenvalue weighted by Crippen LogP contribution is 2.21. The van der Waals surface area contributed by atoms with Crippen LogP contribution in [0.25, 0.3) is 0 Å². The zero-order chi connectivity index (χ0) is 19.2. The molecule has 2 aliphatic rings. The number of carbonyl (C=O) groups excluding carboxylic acids is 2. The van der Waals surface area contributed by atoms with E-state index in [2.05, 4.69) is 29.2 Å². The zero-order valence-electron chi connectivity index (χ0n) is 16.4. The molecule has 6 nitrogen and oxygen atoms in total. The molecule has 3 rings (SSSR count). The van der Waals surface area contributed by atoms with Crippen LogP contribution in [0.5, 0.6) is 0 Å². The summed E-state index contributed by atoms with van der Waals surface area (Å²) in [5, 5.41) is 8.69. The number of hydrogen-bond donors (Lipinski definition) is 1. The number of rotatable bonds is 6. The molecule has 6 heteroatoms. The van der Waals surface area contributed by atoms with E-state index in [4.69, 9.17) is 0 Å². The molecule has 0 saturated carbocycles. The number of nitrogens with zero attached hydrogens (tertiary/aromatic N) is 3. The second-order valence-corrected chi connectivity index (χ2v) is 7.58. The van der Waals surface area contributed by atoms with E-state index in [0.29, 0.717) is 31.5 Å². The lowest BCUT2D eigenvalue weighted by molar-refractivity contribution is -0.136. The smallest absolute Gasteiger partial charge is 0.243 e. The standard InChI is InChI=1S/C21H30N4O2/c1-16-7-6-8-17(2)24(16)14-13-22-20(26)15-25-21(27)12-11-19(23-25)18-9-4-3-5-10-18/h3-5,9-10,16-17H,6-8,11-15H2,1-2H3,(H,22,26). The van der Waals surface area contributed by atoms with Gasteiger partial charge in [-0.2, -0.15) is 5.10 Å². The lowest BCUT2D eigenvalue weighted by atomic mass is 9.98. The summed E-state index contributed by atoms with van der Waals surface area (Å²) in [7, 11) is 0. The zero-order valence-corrected chi connectivity index (χ0v) is 16.4. The highest BCUT2D eigenvalue weighted by molar-refractivity contribution is 6.04. The molecular formula is C21H30N4O2. The quantitative estimate of drug-likeness (QED) is 0.836. The second kappa shape index (κ2) is 9.13. The second-order valence-electron chi connectivity index (χ2n) is 7.58. The van der Waals surface area contributed by atoms with E-state index in [0.717, 1.165) is 17.8 Å². The highest BCUT2D eigenvalue weighted by atomic mass is 16.2. The minimum atomic E-state index is -0.154. The molecule has 2 atom stereocenters. The van der Waals surface area contributed by atoms with E-state index in [1.54, 1.807) is 0 Å². The van der Waals surface area contributed by atoms with Crippen LogP contribution in [0.15, 0.2) is 35.4 Å². The van der Waals surface area contributed by atoms with Crippen molar-refractivity contribution < 1.29 is 9.59 Å². The van der Waals surface area contributed by atoms with Gasteiger partial charge in [-0.1, -0.05) is 36.8 Å². The van der Waals surface area contributed by atoms with E-state index < -0.39 is 0 Å². The average Bonchev–Trinajstić information content (AvgIpc) is 2.66. The topological polar surface area (TPSA) is 65.0 Å². The summed E-state index contributed by atoms with van der Waals surface area (Å²) < 4.78 is 0. The van der Waals surface area contributed by atoms with E-state index in [-0.39, 0.29) is 18.4 Å². The van der Waals surface area contributed by atoms with Crippen LogP contribution in [-0.2, 0) is 9.59 Å². The lowest BCUT2D eigenvalue weighted by Crippen LogP contribution is -2.48. The molecule has 146 valence electrons. The fraction of sp³-hybridized carbons (Fsp3) is 0.571. The molecule has 2 heterocycles. The van der Waals surface area contributed by atoms with Crippen molar-refractivity contribution in [3.8, 4) is 0 Å². The predicted molar refractivity (Wildman–Crippen MR) is 106 cm³/mol. The van der Waals surface area contributed by atoms with E-state index in [1.165, 1.54) is 24.3 Å². The van der Waals surface area contributed by atoms with Crippen molar-refractivity contribution in [1.29, 1.82) is 0 Å². The molecule has 2 aliphatic heterocycles. The van der Waals surface area contributed by atoms with Gasteiger partial charge in [-0.3, -0.25) is 14.5 Å². The minimum absolute atomic E-state index is 0.0136. The summed E-state index contributed by atoms with van der Waals surface area (Å²) in [6, 6.07) is 10.9. The predicted octanol–water partition coefficient (Wildman–Crippen LogP) is 2.39. The summed E-state index contributed by atoms with van der Waals surface area (Å²) in [5.74, 6) is -0.248. The lowest BCUT2D eigenvalue weighted by Gasteiger charge is -2.39. The number of amides is 2. The monoisotopic (exact) mass is 370 g/mol. The van der Waals surface area contributed by atoms with Gasteiger partial charge in [0, 0.05) is 38.0 Å². The molecule has 1 aromatic rings. The Morgan fingerprint density at radius 3 is 2.56 bits per heavy atom. The minimum Gasteiger partial charge on any atom is -0.353 e. The summed E-state index contributed by atoms with van der Waals surface area (Å²) in [6.07, 6.45) is 4.73. The first kappa shape index (κ1) is 19.5. The summed E-state index contributed by atoms with van der Waals surface area (Å²) in [6.45, 7) is 5.94. The molecule has 2 unspecified atom stereocenters. The molecule has 0 aliphatic carbocycles. The molecule has 27 heavy (non-hydrogen) atoms. The van der Waals surface area contributed by atoms with Gasteiger partial charge in [0.25, 0.3) is 0 Å². The first-order valence-electron chi connectivity index (χ1n) is 10.0. The third kappa shape index (κ3) is 5.16. The Balaban J connectivity index is 1.51. The van der Waals surface area contributed by atoms with Gasteiger partial charge in [-0.05, 0) is 32.3 Å². The van der Waals surface area contributed by atoms with Crippen LogP contribution in [-0.4, -0.2) is 59.2 Å². The van der Waals surface area contributed by atoms with Gasteiger partial charge < -0.3 is 5.32 Å². The maximum absolute atomic E-state index is 12.3. The molecule has 0 spiro atoms. The fourth-order valence-electron chi connectivity index (χ4n) is 3.99. The van der Waals surface area contributed by atoms with Gasteiger partial charge in [-0.15, -0.1) is 0 Å². The van der Waals surface area contributed by atoms with Crippen LogP contribution < -0.4 is 5.32 Å². The first-order chi connectivity index (χ1) is 13.0. The normalized spacial score (nSPS) is 23.9. The van der Waals surface area contributed by atoms with Gasteiger partial charge in [-0.25, -0.2) is 5.01 Å². The van der Waals surface area contributed by atoms with Crippen molar-refractivity contribution in [3.63, 3.8) is 0 Å². The van der Waals surface area contributed by atoms with E-state index >= 15 is 0 Å². The van der Waals surface area contributed by atoms with Crippen LogP contribution in [0, 0.1) is 0 Å². The maximum atomic E-state index is 12.3. The Hall–Kier alpha value is -2.21. The van der Waals surface area contributed by atoms with Crippen molar-refractivity contribution in [2.24, 2.45) is 5.10 Å². The van der Waals surface area contributed by atoms with Gasteiger partial charge in [0.15, 0.2) is 0 Å². The Bertz CT molecular complexity index is 679. The molecule has 1 N–H and O–H groups in total. The molecule has 1 aromatic carbocycles. The molecule has 1 fully saturated rings. The Morgan fingerprint density at radius 2 is 1.85 bits per heavy atom. The first-order valence-corrected chi connectivity index (χ1v) is 10.0. The Labute approximate surface area is 161 Å². The average molecular weight is 370 g/mol. The number of piperidine rings is 1. The van der Waals surface area contributed by atoms with E-state index in [1.807, 2.05) is 30.3 Å². The van der Waals surface area contributed by atoms with Crippen molar-refractivity contribution in [2.45, 2.75) is 58.0 Å².